The van der Waals surface area contributed by atoms with Crippen molar-refractivity contribution in [3.05, 3.63) is 53.5 Å². The minimum absolute atomic E-state index is 0.159. The number of aryl methyl sites for hydroxylation is 1. The Labute approximate surface area is 161 Å². The van der Waals surface area contributed by atoms with E-state index in [0.29, 0.717) is 17.8 Å². The largest absolute Gasteiger partial charge is 0.356 e. The van der Waals surface area contributed by atoms with Crippen LogP contribution in [0.1, 0.15) is 49.8 Å². The van der Waals surface area contributed by atoms with Gasteiger partial charge in [-0.2, -0.15) is 0 Å². The Balaban J connectivity index is 1.63. The third-order valence-electron chi connectivity index (χ3n) is 5.97. The molecule has 0 bridgehead atoms. The Hall–Kier alpha value is -2.43. The smallest absolute Gasteiger partial charge is 0.219 e. The number of rotatable bonds is 3. The van der Waals surface area contributed by atoms with Crippen molar-refractivity contribution in [2.45, 2.75) is 39.7 Å². The van der Waals surface area contributed by atoms with Crippen LogP contribution in [0.2, 0.25) is 0 Å². The van der Waals surface area contributed by atoms with Crippen LogP contribution >= 0.6 is 0 Å². The molecule has 27 heavy (non-hydrogen) atoms. The van der Waals surface area contributed by atoms with Gasteiger partial charge >= 0.3 is 0 Å². The fraction of sp³-hybridized carbons (Fsp3) is 0.500. The van der Waals surface area contributed by atoms with Crippen molar-refractivity contribution in [3.8, 4) is 0 Å². The molecule has 0 aliphatic carbocycles. The van der Waals surface area contributed by atoms with E-state index in [1.165, 1.54) is 5.56 Å². The zero-order valence-electron chi connectivity index (χ0n) is 16.6. The van der Waals surface area contributed by atoms with Gasteiger partial charge in [0.25, 0.3) is 0 Å². The number of benzene rings is 1. The van der Waals surface area contributed by atoms with Crippen molar-refractivity contribution in [1.82, 2.24) is 14.9 Å². The normalized spacial score (nSPS) is 24.6. The molecule has 2 aliphatic heterocycles. The van der Waals surface area contributed by atoms with Crippen molar-refractivity contribution < 1.29 is 4.79 Å². The molecule has 142 valence electrons. The van der Waals surface area contributed by atoms with E-state index in [0.717, 1.165) is 37.0 Å². The fourth-order valence-corrected chi connectivity index (χ4v) is 4.67. The summed E-state index contributed by atoms with van der Waals surface area (Å²) in [7, 11) is 0. The molecule has 0 spiro atoms. The molecule has 2 aromatic rings. The van der Waals surface area contributed by atoms with E-state index in [2.05, 4.69) is 59.0 Å². The predicted octanol–water partition coefficient (Wildman–Crippen LogP) is 3.56. The van der Waals surface area contributed by atoms with Crippen LogP contribution in [-0.2, 0) is 4.79 Å². The van der Waals surface area contributed by atoms with Crippen molar-refractivity contribution in [2.24, 2.45) is 11.8 Å². The standard InChI is InChI=1S/C22H28N4O/c1-14(2)20-10-21(24-15(3)23-20)25-11-18-12-26(16(4)27)22(19(18)13-25)17-8-6-5-7-9-17/h5-10,14,18-19,22H,11-13H2,1-4H3/t18-,19-,22+/m1/s1. The second kappa shape index (κ2) is 6.95. The first-order chi connectivity index (χ1) is 12.9. The number of carbonyl (C=O) groups is 1. The lowest BCUT2D eigenvalue weighted by atomic mass is 9.89. The summed E-state index contributed by atoms with van der Waals surface area (Å²) in [6.45, 7) is 10.7. The summed E-state index contributed by atoms with van der Waals surface area (Å²) in [6.07, 6.45) is 0. The molecular formula is C22H28N4O. The molecule has 0 saturated carbocycles. The Morgan fingerprint density at radius 3 is 2.52 bits per heavy atom. The molecule has 4 rings (SSSR count). The van der Waals surface area contributed by atoms with Gasteiger partial charge in [0.2, 0.25) is 5.91 Å². The molecule has 1 amide bonds. The molecule has 5 nitrogen and oxygen atoms in total. The summed E-state index contributed by atoms with van der Waals surface area (Å²) in [5.74, 6) is 3.34. The number of anilines is 1. The van der Waals surface area contributed by atoms with Crippen LogP contribution in [0.3, 0.4) is 0 Å². The maximum Gasteiger partial charge on any atom is 0.219 e. The molecule has 3 heterocycles. The number of carbonyl (C=O) groups excluding carboxylic acids is 1. The summed E-state index contributed by atoms with van der Waals surface area (Å²) >= 11 is 0. The van der Waals surface area contributed by atoms with Gasteiger partial charge in [0.05, 0.1) is 6.04 Å². The van der Waals surface area contributed by atoms with Crippen LogP contribution in [0, 0.1) is 18.8 Å². The van der Waals surface area contributed by atoms with Gasteiger partial charge < -0.3 is 9.80 Å². The highest BCUT2D eigenvalue weighted by atomic mass is 16.2. The van der Waals surface area contributed by atoms with Crippen molar-refractivity contribution in [3.63, 3.8) is 0 Å². The molecule has 2 fully saturated rings. The third-order valence-corrected chi connectivity index (χ3v) is 5.97. The zero-order chi connectivity index (χ0) is 19.1. The Morgan fingerprint density at radius 2 is 1.85 bits per heavy atom. The van der Waals surface area contributed by atoms with Crippen LogP contribution in [-0.4, -0.2) is 40.4 Å². The van der Waals surface area contributed by atoms with Gasteiger partial charge in [-0.3, -0.25) is 4.79 Å². The molecule has 2 aliphatic rings. The van der Waals surface area contributed by atoms with Crippen molar-refractivity contribution in [2.75, 3.05) is 24.5 Å². The molecular weight excluding hydrogens is 336 g/mol. The Bertz CT molecular complexity index is 835. The molecule has 3 atom stereocenters. The van der Waals surface area contributed by atoms with Gasteiger partial charge in [-0.15, -0.1) is 0 Å². The lowest BCUT2D eigenvalue weighted by molar-refractivity contribution is -0.130. The third kappa shape index (κ3) is 3.31. The maximum absolute atomic E-state index is 12.3. The number of hydrogen-bond acceptors (Lipinski definition) is 4. The van der Waals surface area contributed by atoms with E-state index in [-0.39, 0.29) is 11.9 Å². The average Bonchev–Trinajstić information content (AvgIpc) is 3.19. The predicted molar refractivity (Wildman–Crippen MR) is 107 cm³/mol. The van der Waals surface area contributed by atoms with Gasteiger partial charge in [0, 0.05) is 50.2 Å². The topological polar surface area (TPSA) is 49.3 Å². The molecule has 5 heteroatoms. The maximum atomic E-state index is 12.3. The lowest BCUT2D eigenvalue weighted by Gasteiger charge is -2.29. The summed E-state index contributed by atoms with van der Waals surface area (Å²) in [5.41, 5.74) is 2.34. The van der Waals surface area contributed by atoms with Gasteiger partial charge in [-0.05, 0) is 18.4 Å². The van der Waals surface area contributed by atoms with Crippen LogP contribution in [0.5, 0.6) is 0 Å². The van der Waals surface area contributed by atoms with Gasteiger partial charge in [-0.25, -0.2) is 9.97 Å². The van der Waals surface area contributed by atoms with Gasteiger partial charge in [0.1, 0.15) is 11.6 Å². The highest BCUT2D eigenvalue weighted by Gasteiger charge is 2.48. The Kier molecular flexibility index (Phi) is 4.62. The molecule has 0 N–H and O–H groups in total. The number of nitrogens with zero attached hydrogens (tertiary/aromatic N) is 4. The highest BCUT2D eigenvalue weighted by Crippen LogP contribution is 2.45. The SMILES string of the molecule is CC(=O)N1C[C@H]2CN(c3cc(C(C)C)nc(C)n3)C[C@H]2[C@@H]1c1ccccc1. The first kappa shape index (κ1) is 18.0. The second-order valence-electron chi connectivity index (χ2n) is 8.21. The molecule has 1 aromatic carbocycles. The van der Waals surface area contributed by atoms with Crippen molar-refractivity contribution in [1.29, 1.82) is 0 Å². The number of likely N-dealkylation sites (tertiary alicyclic amines) is 1. The first-order valence-corrected chi connectivity index (χ1v) is 9.86. The van der Waals surface area contributed by atoms with Crippen LogP contribution in [0.25, 0.3) is 0 Å². The average molecular weight is 364 g/mol. The number of amides is 1. The van der Waals surface area contributed by atoms with Gasteiger partial charge in [-0.1, -0.05) is 44.2 Å². The van der Waals surface area contributed by atoms with Crippen LogP contribution < -0.4 is 4.90 Å². The summed E-state index contributed by atoms with van der Waals surface area (Å²) < 4.78 is 0. The molecule has 0 unspecified atom stereocenters. The van der Waals surface area contributed by atoms with Crippen LogP contribution in [0.4, 0.5) is 5.82 Å². The zero-order valence-corrected chi connectivity index (χ0v) is 16.6. The van der Waals surface area contributed by atoms with E-state index >= 15 is 0 Å². The van der Waals surface area contributed by atoms with E-state index in [4.69, 9.17) is 4.98 Å². The quantitative estimate of drug-likeness (QED) is 0.835. The molecule has 1 aromatic heterocycles. The monoisotopic (exact) mass is 364 g/mol. The number of fused-ring (bicyclic) bond motifs is 1. The minimum Gasteiger partial charge on any atom is -0.356 e. The Morgan fingerprint density at radius 1 is 1.11 bits per heavy atom. The summed E-state index contributed by atoms with van der Waals surface area (Å²) in [4.78, 5) is 26.0. The fourth-order valence-electron chi connectivity index (χ4n) is 4.67. The van der Waals surface area contributed by atoms with E-state index in [9.17, 15) is 4.79 Å². The van der Waals surface area contributed by atoms with Gasteiger partial charge in [0.15, 0.2) is 0 Å². The van der Waals surface area contributed by atoms with E-state index in [1.54, 1.807) is 6.92 Å². The minimum atomic E-state index is 0.159. The van der Waals surface area contributed by atoms with E-state index in [1.807, 2.05) is 13.0 Å². The first-order valence-electron chi connectivity index (χ1n) is 9.86. The van der Waals surface area contributed by atoms with Crippen molar-refractivity contribution >= 4 is 11.7 Å². The van der Waals surface area contributed by atoms with Crippen LogP contribution in [0.15, 0.2) is 36.4 Å². The summed E-state index contributed by atoms with van der Waals surface area (Å²) in [5, 5.41) is 0. The number of aromatic nitrogens is 2. The van der Waals surface area contributed by atoms with E-state index < -0.39 is 0 Å². The number of hydrogen-bond donors (Lipinski definition) is 0. The molecule has 0 radical (unpaired) electrons. The molecule has 2 saturated heterocycles. The highest BCUT2D eigenvalue weighted by molar-refractivity contribution is 5.74. The second-order valence-corrected chi connectivity index (χ2v) is 8.21. The lowest BCUT2D eigenvalue weighted by Crippen LogP contribution is -2.34. The summed E-state index contributed by atoms with van der Waals surface area (Å²) in [6, 6.07) is 12.8.